The molecule has 6 nitrogen and oxygen atoms in total. The fourth-order valence-corrected chi connectivity index (χ4v) is 2.36. The van der Waals surface area contributed by atoms with Gasteiger partial charge in [0.15, 0.2) is 0 Å². The van der Waals surface area contributed by atoms with E-state index in [2.05, 4.69) is 15.3 Å². The molecule has 0 saturated heterocycles. The van der Waals surface area contributed by atoms with Crippen LogP contribution in [0.5, 0.6) is 0 Å². The molecule has 1 heterocycles. The highest BCUT2D eigenvalue weighted by atomic mass is 16.1. The van der Waals surface area contributed by atoms with Crippen LogP contribution in [0, 0.1) is 0 Å². The molecule has 6 heteroatoms. The standard InChI is InChI=1S/C19H19N5O/c1-24(2)16-9-5-13(6-10-16)17-11-12-21-19(23-17)22-15-7-3-14(4-8-15)18(20)25/h3-12H,1-2H3,(H2,20,25)(H,21,22,23). The van der Waals surface area contributed by atoms with Crippen LogP contribution in [0.15, 0.2) is 60.8 Å². The maximum absolute atomic E-state index is 11.1. The van der Waals surface area contributed by atoms with Crippen molar-refractivity contribution in [3.05, 3.63) is 66.4 Å². The molecule has 0 aliphatic carbocycles. The molecule has 0 atom stereocenters. The first kappa shape index (κ1) is 16.4. The first-order chi connectivity index (χ1) is 12.0. The van der Waals surface area contributed by atoms with Crippen molar-refractivity contribution < 1.29 is 4.79 Å². The summed E-state index contributed by atoms with van der Waals surface area (Å²) in [6, 6.07) is 16.9. The van der Waals surface area contributed by atoms with E-state index in [4.69, 9.17) is 5.73 Å². The van der Waals surface area contributed by atoms with Gasteiger partial charge < -0.3 is 16.0 Å². The van der Waals surface area contributed by atoms with Gasteiger partial charge in [0.1, 0.15) is 0 Å². The molecule has 126 valence electrons. The number of hydrogen-bond acceptors (Lipinski definition) is 5. The number of aromatic nitrogens is 2. The molecule has 0 spiro atoms. The highest BCUT2D eigenvalue weighted by molar-refractivity contribution is 5.93. The molecule has 0 bridgehead atoms. The molecule has 0 unspecified atom stereocenters. The van der Waals surface area contributed by atoms with E-state index in [9.17, 15) is 4.79 Å². The molecule has 3 N–H and O–H groups in total. The van der Waals surface area contributed by atoms with Gasteiger partial charge in [-0.2, -0.15) is 0 Å². The Morgan fingerprint density at radius 1 is 1.00 bits per heavy atom. The number of anilines is 3. The van der Waals surface area contributed by atoms with Gasteiger partial charge >= 0.3 is 0 Å². The maximum atomic E-state index is 11.1. The molecule has 3 aromatic rings. The van der Waals surface area contributed by atoms with Gasteiger partial charge in [0, 0.05) is 42.8 Å². The van der Waals surface area contributed by atoms with Crippen molar-refractivity contribution >= 4 is 23.2 Å². The number of primary amides is 1. The summed E-state index contributed by atoms with van der Waals surface area (Å²) in [7, 11) is 4.01. The third-order valence-corrected chi connectivity index (χ3v) is 3.76. The smallest absolute Gasteiger partial charge is 0.248 e. The van der Waals surface area contributed by atoms with E-state index in [0.717, 1.165) is 22.6 Å². The summed E-state index contributed by atoms with van der Waals surface area (Å²) in [5, 5.41) is 3.13. The van der Waals surface area contributed by atoms with Gasteiger partial charge in [-0.15, -0.1) is 0 Å². The summed E-state index contributed by atoms with van der Waals surface area (Å²) >= 11 is 0. The molecular weight excluding hydrogens is 314 g/mol. The lowest BCUT2D eigenvalue weighted by atomic mass is 10.1. The minimum absolute atomic E-state index is 0.453. The number of carbonyl (C=O) groups excluding carboxylic acids is 1. The van der Waals surface area contributed by atoms with Gasteiger partial charge in [-0.05, 0) is 42.5 Å². The Bertz CT molecular complexity index is 873. The topological polar surface area (TPSA) is 84.1 Å². The molecule has 0 radical (unpaired) electrons. The third-order valence-electron chi connectivity index (χ3n) is 3.76. The van der Waals surface area contributed by atoms with Crippen LogP contribution in [0.1, 0.15) is 10.4 Å². The Kier molecular flexibility index (Phi) is 4.61. The second-order valence-electron chi connectivity index (χ2n) is 5.77. The summed E-state index contributed by atoms with van der Waals surface area (Å²) in [5.74, 6) is 0.0342. The van der Waals surface area contributed by atoms with Gasteiger partial charge in [-0.25, -0.2) is 9.97 Å². The Morgan fingerprint density at radius 3 is 2.28 bits per heavy atom. The molecule has 0 aliphatic rings. The average Bonchev–Trinajstić information content (AvgIpc) is 2.62. The number of nitrogens with zero attached hydrogens (tertiary/aromatic N) is 3. The lowest BCUT2D eigenvalue weighted by molar-refractivity contribution is 0.100. The zero-order chi connectivity index (χ0) is 17.8. The summed E-state index contributed by atoms with van der Waals surface area (Å²) < 4.78 is 0. The van der Waals surface area contributed by atoms with Crippen molar-refractivity contribution in [2.75, 3.05) is 24.3 Å². The summed E-state index contributed by atoms with van der Waals surface area (Å²) in [6.45, 7) is 0. The number of nitrogens with two attached hydrogens (primary N) is 1. The van der Waals surface area contributed by atoms with Crippen molar-refractivity contribution in [1.29, 1.82) is 0 Å². The predicted molar refractivity (Wildman–Crippen MR) is 100 cm³/mol. The molecule has 0 saturated carbocycles. The second-order valence-corrected chi connectivity index (χ2v) is 5.77. The van der Waals surface area contributed by atoms with Gasteiger partial charge in [0.25, 0.3) is 0 Å². The van der Waals surface area contributed by atoms with E-state index in [-0.39, 0.29) is 0 Å². The average molecular weight is 333 g/mol. The molecule has 0 aliphatic heterocycles. The van der Waals surface area contributed by atoms with Crippen molar-refractivity contribution in [3.8, 4) is 11.3 Å². The monoisotopic (exact) mass is 333 g/mol. The number of nitrogens with one attached hydrogen (secondary N) is 1. The van der Waals surface area contributed by atoms with Crippen LogP contribution in [0.25, 0.3) is 11.3 Å². The van der Waals surface area contributed by atoms with Crippen molar-refractivity contribution in [2.45, 2.75) is 0 Å². The Morgan fingerprint density at radius 2 is 1.68 bits per heavy atom. The number of hydrogen-bond donors (Lipinski definition) is 2. The van der Waals surface area contributed by atoms with Crippen molar-refractivity contribution in [1.82, 2.24) is 9.97 Å². The normalized spacial score (nSPS) is 10.3. The zero-order valence-electron chi connectivity index (χ0n) is 14.1. The van der Waals surface area contributed by atoms with Gasteiger partial charge in [0.05, 0.1) is 5.69 Å². The predicted octanol–water partition coefficient (Wildman–Crippen LogP) is 3.05. The zero-order valence-corrected chi connectivity index (χ0v) is 14.1. The highest BCUT2D eigenvalue weighted by Crippen LogP contribution is 2.22. The Hall–Kier alpha value is -3.41. The number of rotatable bonds is 5. The van der Waals surface area contributed by atoms with Crippen LogP contribution < -0.4 is 16.0 Å². The van der Waals surface area contributed by atoms with Gasteiger partial charge in [-0.1, -0.05) is 12.1 Å². The van der Waals surface area contributed by atoms with Crippen LogP contribution >= 0.6 is 0 Å². The van der Waals surface area contributed by atoms with E-state index in [1.165, 1.54) is 0 Å². The fraction of sp³-hybridized carbons (Fsp3) is 0.105. The SMILES string of the molecule is CN(C)c1ccc(-c2ccnc(Nc3ccc(C(N)=O)cc3)n2)cc1. The van der Waals surface area contributed by atoms with E-state index < -0.39 is 5.91 Å². The lowest BCUT2D eigenvalue weighted by Crippen LogP contribution is -2.10. The van der Waals surface area contributed by atoms with E-state index >= 15 is 0 Å². The first-order valence-electron chi connectivity index (χ1n) is 7.80. The van der Waals surface area contributed by atoms with Crippen LogP contribution in [-0.2, 0) is 0 Å². The number of amides is 1. The molecule has 1 aromatic heterocycles. The van der Waals surface area contributed by atoms with Gasteiger partial charge in [0.2, 0.25) is 11.9 Å². The molecule has 25 heavy (non-hydrogen) atoms. The first-order valence-corrected chi connectivity index (χ1v) is 7.80. The summed E-state index contributed by atoms with van der Waals surface area (Å²) in [5.41, 5.74) is 9.46. The molecule has 2 aromatic carbocycles. The fourth-order valence-electron chi connectivity index (χ4n) is 2.36. The number of benzene rings is 2. The van der Waals surface area contributed by atoms with Crippen LogP contribution in [0.3, 0.4) is 0 Å². The Balaban J connectivity index is 1.80. The molecule has 1 amide bonds. The maximum Gasteiger partial charge on any atom is 0.248 e. The quantitative estimate of drug-likeness (QED) is 0.750. The minimum atomic E-state index is -0.453. The Labute approximate surface area is 146 Å². The van der Waals surface area contributed by atoms with Crippen LogP contribution in [0.2, 0.25) is 0 Å². The van der Waals surface area contributed by atoms with Crippen molar-refractivity contribution in [2.24, 2.45) is 5.73 Å². The van der Waals surface area contributed by atoms with E-state index in [1.54, 1.807) is 30.5 Å². The third kappa shape index (κ3) is 3.92. The van der Waals surface area contributed by atoms with Gasteiger partial charge in [-0.3, -0.25) is 4.79 Å². The summed E-state index contributed by atoms with van der Waals surface area (Å²) in [6.07, 6.45) is 1.71. The van der Waals surface area contributed by atoms with Crippen LogP contribution in [0.4, 0.5) is 17.3 Å². The summed E-state index contributed by atoms with van der Waals surface area (Å²) in [4.78, 5) is 21.9. The largest absolute Gasteiger partial charge is 0.378 e. The molecular formula is C19H19N5O. The minimum Gasteiger partial charge on any atom is -0.378 e. The lowest BCUT2D eigenvalue weighted by Gasteiger charge is -2.12. The molecule has 3 rings (SSSR count). The van der Waals surface area contributed by atoms with Crippen molar-refractivity contribution in [3.63, 3.8) is 0 Å². The molecule has 0 fully saturated rings. The highest BCUT2D eigenvalue weighted by Gasteiger charge is 2.05. The van der Waals surface area contributed by atoms with Crippen LogP contribution in [-0.4, -0.2) is 30.0 Å². The number of carbonyl (C=O) groups is 1. The van der Waals surface area contributed by atoms with E-state index in [1.807, 2.05) is 49.3 Å². The van der Waals surface area contributed by atoms with E-state index in [0.29, 0.717) is 11.5 Å². The second kappa shape index (κ2) is 7.00.